The minimum Gasteiger partial charge on any atom is -0.383 e. The first-order valence-electron chi connectivity index (χ1n) is 10.3. The molecular formula is C27H33N. The molecule has 1 aliphatic carbocycles. The van der Waals surface area contributed by atoms with E-state index in [1.165, 1.54) is 59.2 Å². The maximum atomic E-state index is 4.35. The zero-order chi connectivity index (χ0) is 20.5. The second kappa shape index (κ2) is 7.83. The summed E-state index contributed by atoms with van der Waals surface area (Å²) in [6, 6.07) is 4.50. The van der Waals surface area contributed by atoms with E-state index >= 15 is 0 Å². The Kier molecular flexibility index (Phi) is 5.65. The number of allylic oxidation sites excluding steroid dienone is 7. The van der Waals surface area contributed by atoms with Gasteiger partial charge in [-0.2, -0.15) is 0 Å². The van der Waals surface area contributed by atoms with Gasteiger partial charge in [0.25, 0.3) is 0 Å². The molecule has 1 heteroatoms. The van der Waals surface area contributed by atoms with Crippen molar-refractivity contribution < 1.29 is 0 Å². The van der Waals surface area contributed by atoms with Crippen molar-refractivity contribution in [2.24, 2.45) is 5.92 Å². The van der Waals surface area contributed by atoms with E-state index in [2.05, 4.69) is 64.5 Å². The highest BCUT2D eigenvalue weighted by Crippen LogP contribution is 2.50. The summed E-state index contributed by atoms with van der Waals surface area (Å²) in [6.45, 7) is 23.1. The Morgan fingerprint density at radius 3 is 2.50 bits per heavy atom. The second-order valence-corrected chi connectivity index (χ2v) is 8.35. The molecule has 1 aliphatic heterocycles. The van der Waals surface area contributed by atoms with E-state index in [1.54, 1.807) is 0 Å². The molecule has 0 saturated heterocycles. The van der Waals surface area contributed by atoms with Gasteiger partial charge in [-0.15, -0.1) is 0 Å². The van der Waals surface area contributed by atoms with Gasteiger partial charge < -0.3 is 5.32 Å². The quantitative estimate of drug-likeness (QED) is 0.520. The molecule has 1 fully saturated rings. The van der Waals surface area contributed by atoms with Gasteiger partial charge in [-0.25, -0.2) is 0 Å². The molecule has 2 aliphatic rings. The van der Waals surface area contributed by atoms with E-state index < -0.39 is 0 Å². The van der Waals surface area contributed by atoms with Crippen LogP contribution in [0.3, 0.4) is 0 Å². The monoisotopic (exact) mass is 371 g/mol. The van der Waals surface area contributed by atoms with Crippen LogP contribution in [0.2, 0.25) is 0 Å². The van der Waals surface area contributed by atoms with Gasteiger partial charge in [0.15, 0.2) is 0 Å². The van der Waals surface area contributed by atoms with Crippen molar-refractivity contribution in [2.45, 2.75) is 52.0 Å². The molecule has 1 aromatic rings. The molecule has 0 bridgehead atoms. The van der Waals surface area contributed by atoms with E-state index in [9.17, 15) is 0 Å². The minimum atomic E-state index is 0.160. The van der Waals surface area contributed by atoms with Crippen LogP contribution in [0.5, 0.6) is 0 Å². The van der Waals surface area contributed by atoms with Crippen molar-refractivity contribution in [1.82, 2.24) is 5.32 Å². The fourth-order valence-electron chi connectivity index (χ4n) is 5.21. The fourth-order valence-corrected chi connectivity index (χ4v) is 5.21. The van der Waals surface area contributed by atoms with E-state index in [0.29, 0.717) is 5.92 Å². The van der Waals surface area contributed by atoms with Crippen LogP contribution in [0.4, 0.5) is 0 Å². The fraction of sp³-hybridized carbons (Fsp3) is 0.333. The van der Waals surface area contributed by atoms with Crippen molar-refractivity contribution in [3.63, 3.8) is 0 Å². The van der Waals surface area contributed by atoms with E-state index in [-0.39, 0.29) is 5.54 Å². The summed E-state index contributed by atoms with van der Waals surface area (Å²) >= 11 is 0. The van der Waals surface area contributed by atoms with Gasteiger partial charge in [0.2, 0.25) is 0 Å². The molecular weight excluding hydrogens is 338 g/mol. The Hall–Kier alpha value is -2.54. The maximum absolute atomic E-state index is 4.35. The first-order chi connectivity index (χ1) is 13.4. The number of fused-ring (bicyclic) bond motifs is 1. The molecule has 1 saturated carbocycles. The Morgan fingerprint density at radius 2 is 1.86 bits per heavy atom. The number of benzene rings is 1. The zero-order valence-corrected chi connectivity index (χ0v) is 17.7. The molecule has 2 atom stereocenters. The standard InChI is InChI=1S/C27H33N/c1-8-13-21(10-3)24-19(5)15-16-22(25(24)18(4)9-2)26-20(6)28-27(7)17-12-11-14-23(26)27/h8-10,13,15-16,23,28H,1-4,11-12,14,17H2,5-7H3/b21-13-. The minimum absolute atomic E-state index is 0.160. The van der Waals surface area contributed by atoms with Gasteiger partial charge in [0, 0.05) is 17.2 Å². The van der Waals surface area contributed by atoms with Crippen molar-refractivity contribution >= 4 is 16.7 Å². The molecule has 0 spiro atoms. The normalized spacial score (nSPS) is 24.4. The third-order valence-corrected chi connectivity index (χ3v) is 6.51. The highest BCUT2D eigenvalue weighted by molar-refractivity contribution is 5.94. The number of rotatable bonds is 6. The lowest BCUT2D eigenvalue weighted by Gasteiger charge is -2.38. The Balaban J connectivity index is 2.30. The molecule has 146 valence electrons. The summed E-state index contributed by atoms with van der Waals surface area (Å²) in [5.41, 5.74) is 9.79. The third kappa shape index (κ3) is 3.24. The average Bonchev–Trinajstić information content (AvgIpc) is 2.95. The number of hydrogen-bond acceptors (Lipinski definition) is 1. The van der Waals surface area contributed by atoms with Crippen molar-refractivity contribution in [1.29, 1.82) is 0 Å². The lowest BCUT2D eigenvalue weighted by molar-refractivity contribution is 0.239. The van der Waals surface area contributed by atoms with Gasteiger partial charge in [-0.3, -0.25) is 0 Å². The Bertz CT molecular complexity index is 908. The summed E-state index contributed by atoms with van der Waals surface area (Å²) in [5.74, 6) is 0.531. The summed E-state index contributed by atoms with van der Waals surface area (Å²) < 4.78 is 0. The van der Waals surface area contributed by atoms with E-state index in [1.807, 2.05) is 24.3 Å². The van der Waals surface area contributed by atoms with Crippen LogP contribution in [-0.2, 0) is 0 Å². The van der Waals surface area contributed by atoms with Gasteiger partial charge in [-0.1, -0.05) is 75.6 Å². The van der Waals surface area contributed by atoms with Crippen molar-refractivity contribution in [2.75, 3.05) is 0 Å². The SMILES string of the molecule is C=C/C=C(/C=C)c1c(C)ccc(C2=C(C)NC3(C)CCCCC23)c1C(=C)C=C. The highest BCUT2D eigenvalue weighted by atomic mass is 15.0. The van der Waals surface area contributed by atoms with E-state index in [4.69, 9.17) is 0 Å². The van der Waals surface area contributed by atoms with Crippen LogP contribution in [0, 0.1) is 12.8 Å². The maximum Gasteiger partial charge on any atom is 0.0411 e. The molecule has 1 aromatic carbocycles. The summed E-state index contributed by atoms with van der Waals surface area (Å²) in [6.07, 6.45) is 12.7. The molecule has 28 heavy (non-hydrogen) atoms. The summed E-state index contributed by atoms with van der Waals surface area (Å²) in [5, 5.41) is 3.84. The molecule has 0 aromatic heterocycles. The predicted molar refractivity (Wildman–Crippen MR) is 125 cm³/mol. The van der Waals surface area contributed by atoms with Crippen molar-refractivity contribution in [3.8, 4) is 0 Å². The molecule has 2 unspecified atom stereocenters. The van der Waals surface area contributed by atoms with Crippen LogP contribution in [0.1, 0.15) is 61.8 Å². The lowest BCUT2D eigenvalue weighted by atomic mass is 9.70. The second-order valence-electron chi connectivity index (χ2n) is 8.35. The molecule has 3 rings (SSSR count). The Labute approximate surface area is 170 Å². The van der Waals surface area contributed by atoms with Crippen LogP contribution >= 0.6 is 0 Å². The zero-order valence-electron chi connectivity index (χ0n) is 17.7. The van der Waals surface area contributed by atoms with Gasteiger partial charge in [-0.05, 0) is 72.6 Å². The molecule has 1 heterocycles. The number of hydrogen-bond donors (Lipinski definition) is 1. The number of nitrogens with one attached hydrogen (secondary N) is 1. The molecule has 0 amide bonds. The summed E-state index contributed by atoms with van der Waals surface area (Å²) in [4.78, 5) is 0. The van der Waals surface area contributed by atoms with Gasteiger partial charge in [0.05, 0.1) is 0 Å². The lowest BCUT2D eigenvalue weighted by Crippen LogP contribution is -2.44. The van der Waals surface area contributed by atoms with Gasteiger partial charge >= 0.3 is 0 Å². The topological polar surface area (TPSA) is 12.0 Å². The highest BCUT2D eigenvalue weighted by Gasteiger charge is 2.44. The number of aryl methyl sites for hydroxylation is 1. The average molecular weight is 372 g/mol. The van der Waals surface area contributed by atoms with E-state index in [0.717, 1.165) is 11.1 Å². The van der Waals surface area contributed by atoms with Crippen LogP contribution in [0.15, 0.2) is 68.4 Å². The third-order valence-electron chi connectivity index (χ3n) is 6.51. The molecule has 1 nitrogen and oxygen atoms in total. The first-order valence-corrected chi connectivity index (χ1v) is 10.3. The predicted octanol–water partition coefficient (Wildman–Crippen LogP) is 7.23. The molecule has 1 N–H and O–H groups in total. The van der Waals surface area contributed by atoms with Crippen molar-refractivity contribution in [3.05, 3.63) is 90.7 Å². The smallest absolute Gasteiger partial charge is 0.0411 e. The first kappa shape index (κ1) is 20.2. The summed E-state index contributed by atoms with van der Waals surface area (Å²) in [7, 11) is 0. The van der Waals surface area contributed by atoms with Crippen LogP contribution < -0.4 is 5.32 Å². The van der Waals surface area contributed by atoms with Crippen LogP contribution in [-0.4, -0.2) is 5.54 Å². The molecule has 0 radical (unpaired) electrons. The Morgan fingerprint density at radius 1 is 1.11 bits per heavy atom. The van der Waals surface area contributed by atoms with Crippen LogP contribution in [0.25, 0.3) is 16.7 Å². The largest absolute Gasteiger partial charge is 0.383 e. The van der Waals surface area contributed by atoms with Gasteiger partial charge in [0.1, 0.15) is 0 Å².